The van der Waals surface area contributed by atoms with E-state index in [-0.39, 0.29) is 5.91 Å². The molecule has 0 aliphatic carbocycles. The highest BCUT2D eigenvalue weighted by Crippen LogP contribution is 2.26. The van der Waals surface area contributed by atoms with Crippen LogP contribution in [-0.2, 0) is 0 Å². The standard InChI is InChI=1S/C16H21N3O2/c1-3-18-7-9-19(10-8-18)16(20)14-11-12-13(17-14)5-4-6-15(12)21-2/h4-6,11,17H,3,7-10H2,1-2H3. The molecule has 1 aromatic carbocycles. The number of likely N-dealkylation sites (N-methyl/N-ethyl adjacent to an activating group) is 1. The van der Waals surface area contributed by atoms with Crippen LogP contribution in [-0.4, -0.2) is 60.5 Å². The molecule has 5 nitrogen and oxygen atoms in total. The fourth-order valence-corrected chi connectivity index (χ4v) is 2.86. The van der Waals surface area contributed by atoms with Crippen molar-refractivity contribution in [2.24, 2.45) is 0 Å². The molecule has 5 heteroatoms. The average Bonchev–Trinajstić information content (AvgIpc) is 2.98. The van der Waals surface area contributed by atoms with E-state index in [9.17, 15) is 4.79 Å². The minimum Gasteiger partial charge on any atom is -0.496 e. The van der Waals surface area contributed by atoms with E-state index >= 15 is 0 Å². The number of hydrogen-bond acceptors (Lipinski definition) is 3. The van der Waals surface area contributed by atoms with Crippen LogP contribution >= 0.6 is 0 Å². The van der Waals surface area contributed by atoms with E-state index < -0.39 is 0 Å². The number of aromatic amines is 1. The lowest BCUT2D eigenvalue weighted by atomic mass is 10.2. The fraction of sp³-hybridized carbons (Fsp3) is 0.438. The van der Waals surface area contributed by atoms with Crippen LogP contribution in [0.15, 0.2) is 24.3 Å². The summed E-state index contributed by atoms with van der Waals surface area (Å²) in [6, 6.07) is 7.68. The largest absolute Gasteiger partial charge is 0.496 e. The van der Waals surface area contributed by atoms with E-state index in [2.05, 4.69) is 16.8 Å². The molecule has 0 bridgehead atoms. The second-order valence-corrected chi connectivity index (χ2v) is 5.33. The van der Waals surface area contributed by atoms with Crippen molar-refractivity contribution in [2.75, 3.05) is 39.8 Å². The van der Waals surface area contributed by atoms with Crippen molar-refractivity contribution in [3.63, 3.8) is 0 Å². The molecule has 1 fully saturated rings. The molecule has 112 valence electrons. The lowest BCUT2D eigenvalue weighted by Gasteiger charge is -2.33. The topological polar surface area (TPSA) is 48.6 Å². The number of aromatic nitrogens is 1. The Hall–Kier alpha value is -2.01. The van der Waals surface area contributed by atoms with Crippen LogP contribution in [0.3, 0.4) is 0 Å². The summed E-state index contributed by atoms with van der Waals surface area (Å²) >= 11 is 0. The molecule has 0 unspecified atom stereocenters. The first-order chi connectivity index (χ1) is 10.2. The van der Waals surface area contributed by atoms with Gasteiger partial charge in [-0.3, -0.25) is 4.79 Å². The number of ether oxygens (including phenoxy) is 1. The Bertz CT molecular complexity index is 642. The van der Waals surface area contributed by atoms with Crippen LogP contribution in [0, 0.1) is 0 Å². The van der Waals surface area contributed by atoms with Crippen LogP contribution < -0.4 is 4.74 Å². The maximum Gasteiger partial charge on any atom is 0.270 e. The Balaban J connectivity index is 1.82. The van der Waals surface area contributed by atoms with Gasteiger partial charge in [0.2, 0.25) is 0 Å². The number of methoxy groups -OCH3 is 1. The molecule has 2 heterocycles. The molecule has 0 radical (unpaired) electrons. The number of fused-ring (bicyclic) bond motifs is 1. The summed E-state index contributed by atoms with van der Waals surface area (Å²) in [7, 11) is 1.65. The van der Waals surface area contributed by atoms with Crippen molar-refractivity contribution in [2.45, 2.75) is 6.92 Å². The molecular formula is C16H21N3O2. The van der Waals surface area contributed by atoms with Gasteiger partial charge >= 0.3 is 0 Å². The third kappa shape index (κ3) is 2.61. The molecule has 1 N–H and O–H groups in total. The first-order valence-electron chi connectivity index (χ1n) is 7.40. The summed E-state index contributed by atoms with van der Waals surface area (Å²) in [5, 5.41) is 0.954. The first-order valence-corrected chi connectivity index (χ1v) is 7.40. The monoisotopic (exact) mass is 287 g/mol. The number of carbonyl (C=O) groups excluding carboxylic acids is 1. The lowest BCUT2D eigenvalue weighted by Crippen LogP contribution is -2.48. The summed E-state index contributed by atoms with van der Waals surface area (Å²) < 4.78 is 5.34. The summed E-state index contributed by atoms with van der Waals surface area (Å²) in [6.07, 6.45) is 0. The highest BCUT2D eigenvalue weighted by atomic mass is 16.5. The van der Waals surface area contributed by atoms with Gasteiger partial charge < -0.3 is 19.5 Å². The van der Waals surface area contributed by atoms with Crippen LogP contribution in [0.25, 0.3) is 10.9 Å². The number of rotatable bonds is 3. The number of amides is 1. The van der Waals surface area contributed by atoms with Gasteiger partial charge in [0.25, 0.3) is 5.91 Å². The van der Waals surface area contributed by atoms with E-state index in [1.54, 1.807) is 7.11 Å². The second kappa shape index (κ2) is 5.77. The van der Waals surface area contributed by atoms with Crippen molar-refractivity contribution in [1.82, 2.24) is 14.8 Å². The molecule has 2 aromatic rings. The quantitative estimate of drug-likeness (QED) is 0.938. The van der Waals surface area contributed by atoms with E-state index in [4.69, 9.17) is 4.74 Å². The smallest absolute Gasteiger partial charge is 0.270 e. The number of piperazine rings is 1. The van der Waals surface area contributed by atoms with Crippen molar-refractivity contribution in [1.29, 1.82) is 0 Å². The Kier molecular flexibility index (Phi) is 3.84. The predicted octanol–water partition coefficient (Wildman–Crippen LogP) is 1.95. The molecule has 1 amide bonds. The van der Waals surface area contributed by atoms with Crippen molar-refractivity contribution < 1.29 is 9.53 Å². The molecule has 1 saturated heterocycles. The number of nitrogens with one attached hydrogen (secondary N) is 1. The molecular weight excluding hydrogens is 266 g/mol. The van der Waals surface area contributed by atoms with Gasteiger partial charge in [-0.05, 0) is 24.7 Å². The maximum atomic E-state index is 12.6. The van der Waals surface area contributed by atoms with Gasteiger partial charge in [0.15, 0.2) is 0 Å². The van der Waals surface area contributed by atoms with Crippen LogP contribution in [0.5, 0.6) is 5.75 Å². The summed E-state index contributed by atoms with van der Waals surface area (Å²) in [5.74, 6) is 0.864. The Morgan fingerprint density at radius 1 is 1.29 bits per heavy atom. The van der Waals surface area contributed by atoms with E-state index in [0.29, 0.717) is 5.69 Å². The SMILES string of the molecule is CCN1CCN(C(=O)c2cc3c(OC)cccc3[nH]2)CC1. The van der Waals surface area contributed by atoms with Gasteiger partial charge in [-0.15, -0.1) is 0 Å². The number of carbonyl (C=O) groups is 1. The third-order valence-corrected chi connectivity index (χ3v) is 4.18. The zero-order valence-electron chi connectivity index (χ0n) is 12.6. The molecule has 0 spiro atoms. The van der Waals surface area contributed by atoms with Crippen molar-refractivity contribution in [3.8, 4) is 5.75 Å². The highest BCUT2D eigenvalue weighted by Gasteiger charge is 2.22. The van der Waals surface area contributed by atoms with E-state index in [0.717, 1.165) is 49.4 Å². The second-order valence-electron chi connectivity index (χ2n) is 5.33. The zero-order valence-corrected chi connectivity index (χ0v) is 12.6. The molecule has 1 aromatic heterocycles. The van der Waals surface area contributed by atoms with Gasteiger partial charge in [-0.25, -0.2) is 0 Å². The van der Waals surface area contributed by atoms with E-state index in [1.165, 1.54) is 0 Å². The maximum absolute atomic E-state index is 12.6. The van der Waals surface area contributed by atoms with Gasteiger partial charge in [0.1, 0.15) is 11.4 Å². The number of H-pyrrole nitrogens is 1. The minimum absolute atomic E-state index is 0.0732. The first kappa shape index (κ1) is 13.9. The third-order valence-electron chi connectivity index (χ3n) is 4.18. The summed E-state index contributed by atoms with van der Waals surface area (Å²) in [4.78, 5) is 20.1. The predicted molar refractivity (Wildman–Crippen MR) is 82.9 cm³/mol. The van der Waals surface area contributed by atoms with Gasteiger partial charge in [-0.1, -0.05) is 13.0 Å². The molecule has 3 rings (SSSR count). The Morgan fingerprint density at radius 3 is 2.71 bits per heavy atom. The van der Waals surface area contributed by atoms with Crippen molar-refractivity contribution in [3.05, 3.63) is 30.0 Å². The zero-order chi connectivity index (χ0) is 14.8. The lowest BCUT2D eigenvalue weighted by molar-refractivity contribution is 0.0638. The number of benzene rings is 1. The minimum atomic E-state index is 0.0732. The number of nitrogens with zero attached hydrogens (tertiary/aromatic N) is 2. The Labute approximate surface area is 124 Å². The molecule has 1 aliphatic heterocycles. The molecule has 21 heavy (non-hydrogen) atoms. The van der Waals surface area contributed by atoms with Crippen LogP contribution in [0.2, 0.25) is 0 Å². The molecule has 0 saturated carbocycles. The van der Waals surface area contributed by atoms with Crippen LogP contribution in [0.4, 0.5) is 0 Å². The van der Waals surface area contributed by atoms with Crippen LogP contribution in [0.1, 0.15) is 17.4 Å². The normalized spacial score (nSPS) is 16.4. The summed E-state index contributed by atoms with van der Waals surface area (Å²) in [5.41, 5.74) is 1.57. The molecule has 1 aliphatic rings. The van der Waals surface area contributed by atoms with Gasteiger partial charge in [-0.2, -0.15) is 0 Å². The highest BCUT2D eigenvalue weighted by molar-refractivity contribution is 5.99. The van der Waals surface area contributed by atoms with Gasteiger partial charge in [0, 0.05) is 37.1 Å². The Morgan fingerprint density at radius 2 is 2.05 bits per heavy atom. The van der Waals surface area contributed by atoms with Crippen molar-refractivity contribution >= 4 is 16.8 Å². The fourth-order valence-electron chi connectivity index (χ4n) is 2.86. The molecule has 0 atom stereocenters. The van der Waals surface area contributed by atoms with E-state index in [1.807, 2.05) is 29.2 Å². The summed E-state index contributed by atoms with van der Waals surface area (Å²) in [6.45, 7) is 6.68. The average molecular weight is 287 g/mol. The van der Waals surface area contributed by atoms with Gasteiger partial charge in [0.05, 0.1) is 7.11 Å². The number of hydrogen-bond donors (Lipinski definition) is 1.